The summed E-state index contributed by atoms with van der Waals surface area (Å²) in [4.78, 5) is 14.7. The zero-order valence-electron chi connectivity index (χ0n) is 13.1. The standard InChI is InChI=1S/C17H27N3O/c1-3-20(4-2)12-14-7-5-6-8-16(14)19-17(21)13-9-10-15(18)11-13/h5-8,13,15H,3-4,9-12,18H2,1-2H3,(H,19,21). The summed E-state index contributed by atoms with van der Waals surface area (Å²) < 4.78 is 0. The largest absolute Gasteiger partial charge is 0.328 e. The zero-order valence-corrected chi connectivity index (χ0v) is 13.1. The monoisotopic (exact) mass is 289 g/mol. The zero-order chi connectivity index (χ0) is 15.2. The molecule has 1 aromatic rings. The number of hydrogen-bond acceptors (Lipinski definition) is 3. The molecule has 0 aromatic heterocycles. The SMILES string of the molecule is CCN(CC)Cc1ccccc1NC(=O)C1CCC(N)C1. The first-order valence-corrected chi connectivity index (χ1v) is 8.00. The molecule has 3 N–H and O–H groups in total. The van der Waals surface area contributed by atoms with Gasteiger partial charge in [0, 0.05) is 24.2 Å². The van der Waals surface area contributed by atoms with Gasteiger partial charge in [0.25, 0.3) is 0 Å². The molecule has 1 fully saturated rings. The smallest absolute Gasteiger partial charge is 0.227 e. The molecule has 2 rings (SSSR count). The highest BCUT2D eigenvalue weighted by molar-refractivity contribution is 5.93. The van der Waals surface area contributed by atoms with Crippen molar-refractivity contribution in [1.29, 1.82) is 0 Å². The second-order valence-corrected chi connectivity index (χ2v) is 5.88. The number of carbonyl (C=O) groups excluding carboxylic acids is 1. The highest BCUT2D eigenvalue weighted by atomic mass is 16.1. The average molecular weight is 289 g/mol. The van der Waals surface area contributed by atoms with Gasteiger partial charge in [0.2, 0.25) is 5.91 Å². The van der Waals surface area contributed by atoms with Gasteiger partial charge in [-0.1, -0.05) is 32.0 Å². The Balaban J connectivity index is 2.04. The number of benzene rings is 1. The second-order valence-electron chi connectivity index (χ2n) is 5.88. The minimum absolute atomic E-state index is 0.0708. The van der Waals surface area contributed by atoms with Crippen LogP contribution in [-0.4, -0.2) is 29.9 Å². The number of nitrogens with two attached hydrogens (primary N) is 1. The van der Waals surface area contributed by atoms with E-state index in [9.17, 15) is 4.79 Å². The van der Waals surface area contributed by atoms with E-state index in [0.29, 0.717) is 0 Å². The third-order valence-corrected chi connectivity index (χ3v) is 4.41. The van der Waals surface area contributed by atoms with Gasteiger partial charge in [0.05, 0.1) is 0 Å². The molecule has 1 aliphatic carbocycles. The van der Waals surface area contributed by atoms with Crippen LogP contribution >= 0.6 is 0 Å². The first-order valence-electron chi connectivity index (χ1n) is 8.00. The summed E-state index contributed by atoms with van der Waals surface area (Å²) in [6.07, 6.45) is 2.68. The molecule has 0 spiro atoms. The van der Waals surface area contributed by atoms with Gasteiger partial charge < -0.3 is 11.1 Å². The van der Waals surface area contributed by atoms with Crippen molar-refractivity contribution in [3.05, 3.63) is 29.8 Å². The molecule has 1 saturated carbocycles. The maximum Gasteiger partial charge on any atom is 0.227 e. The highest BCUT2D eigenvalue weighted by Crippen LogP contribution is 2.26. The van der Waals surface area contributed by atoms with E-state index in [2.05, 4.69) is 30.1 Å². The summed E-state index contributed by atoms with van der Waals surface area (Å²) >= 11 is 0. The third kappa shape index (κ3) is 4.29. The number of nitrogens with zero attached hydrogens (tertiary/aromatic N) is 1. The number of carbonyl (C=O) groups is 1. The summed E-state index contributed by atoms with van der Waals surface area (Å²) in [6, 6.07) is 8.27. The maximum atomic E-state index is 12.4. The Bertz CT molecular complexity index is 471. The fraction of sp³-hybridized carbons (Fsp3) is 0.588. The summed E-state index contributed by atoms with van der Waals surface area (Å²) in [5.74, 6) is 0.191. The second kappa shape index (κ2) is 7.57. The van der Waals surface area contributed by atoms with Crippen molar-refractivity contribution >= 4 is 11.6 Å². The van der Waals surface area contributed by atoms with E-state index in [0.717, 1.165) is 44.6 Å². The van der Waals surface area contributed by atoms with Crippen molar-refractivity contribution in [3.63, 3.8) is 0 Å². The predicted molar refractivity (Wildman–Crippen MR) is 87.0 cm³/mol. The van der Waals surface area contributed by atoms with Crippen molar-refractivity contribution in [3.8, 4) is 0 Å². The lowest BCUT2D eigenvalue weighted by molar-refractivity contribution is -0.119. The van der Waals surface area contributed by atoms with Crippen LogP contribution in [0.4, 0.5) is 5.69 Å². The molecule has 0 radical (unpaired) electrons. The molecule has 2 unspecified atom stereocenters. The Hall–Kier alpha value is -1.39. The van der Waals surface area contributed by atoms with Gasteiger partial charge in [-0.3, -0.25) is 9.69 Å². The summed E-state index contributed by atoms with van der Waals surface area (Å²) in [5.41, 5.74) is 8.02. The van der Waals surface area contributed by atoms with Crippen LogP contribution in [0.15, 0.2) is 24.3 Å². The van der Waals surface area contributed by atoms with Crippen molar-refractivity contribution in [2.24, 2.45) is 11.7 Å². The molecule has 0 bridgehead atoms. The van der Waals surface area contributed by atoms with Crippen LogP contribution in [0.3, 0.4) is 0 Å². The van der Waals surface area contributed by atoms with Crippen molar-refractivity contribution in [1.82, 2.24) is 4.90 Å². The van der Waals surface area contributed by atoms with E-state index < -0.39 is 0 Å². The van der Waals surface area contributed by atoms with E-state index in [1.807, 2.05) is 18.2 Å². The van der Waals surface area contributed by atoms with Gasteiger partial charge in [-0.25, -0.2) is 0 Å². The number of hydrogen-bond donors (Lipinski definition) is 2. The van der Waals surface area contributed by atoms with Gasteiger partial charge in [-0.2, -0.15) is 0 Å². The van der Waals surface area contributed by atoms with Gasteiger partial charge in [0.15, 0.2) is 0 Å². The topological polar surface area (TPSA) is 58.4 Å². The molecule has 4 heteroatoms. The summed E-state index contributed by atoms with van der Waals surface area (Å²) in [6.45, 7) is 7.20. The van der Waals surface area contributed by atoms with Gasteiger partial charge in [-0.15, -0.1) is 0 Å². The molecule has 0 saturated heterocycles. The molecule has 1 amide bonds. The minimum Gasteiger partial charge on any atom is -0.328 e. The molecular weight excluding hydrogens is 262 g/mol. The molecule has 1 aliphatic rings. The fourth-order valence-corrected chi connectivity index (χ4v) is 2.96. The molecule has 2 atom stereocenters. The van der Waals surface area contributed by atoms with Crippen molar-refractivity contribution in [2.75, 3.05) is 18.4 Å². The summed E-state index contributed by atoms with van der Waals surface area (Å²) in [7, 11) is 0. The molecular formula is C17H27N3O. The molecule has 4 nitrogen and oxygen atoms in total. The van der Waals surface area contributed by atoms with Crippen LogP contribution < -0.4 is 11.1 Å². The maximum absolute atomic E-state index is 12.4. The Kier molecular flexibility index (Phi) is 5.76. The number of anilines is 1. The van der Waals surface area contributed by atoms with Gasteiger partial charge in [-0.05, 0) is 44.0 Å². The Morgan fingerprint density at radius 3 is 2.62 bits per heavy atom. The van der Waals surface area contributed by atoms with E-state index in [1.165, 1.54) is 5.56 Å². The molecule has 0 heterocycles. The lowest BCUT2D eigenvalue weighted by Gasteiger charge is -2.21. The number of rotatable bonds is 6. The quantitative estimate of drug-likeness (QED) is 0.846. The predicted octanol–water partition coefficient (Wildman–Crippen LogP) is 2.59. The van der Waals surface area contributed by atoms with Gasteiger partial charge in [0.1, 0.15) is 0 Å². The van der Waals surface area contributed by atoms with E-state index in [1.54, 1.807) is 0 Å². The van der Waals surface area contributed by atoms with E-state index in [-0.39, 0.29) is 17.9 Å². The summed E-state index contributed by atoms with van der Waals surface area (Å²) in [5, 5.41) is 3.11. The first kappa shape index (κ1) is 16.0. The number of para-hydroxylation sites is 1. The normalized spacial score (nSPS) is 21.7. The van der Waals surface area contributed by atoms with Crippen LogP contribution in [0.2, 0.25) is 0 Å². The van der Waals surface area contributed by atoms with Gasteiger partial charge >= 0.3 is 0 Å². The number of nitrogens with one attached hydrogen (secondary N) is 1. The van der Waals surface area contributed by atoms with Crippen LogP contribution in [0.25, 0.3) is 0 Å². The first-order chi connectivity index (χ1) is 10.1. The van der Waals surface area contributed by atoms with Crippen LogP contribution in [0, 0.1) is 5.92 Å². The Morgan fingerprint density at radius 2 is 2.00 bits per heavy atom. The lowest BCUT2D eigenvalue weighted by Crippen LogP contribution is -2.26. The molecule has 1 aromatic carbocycles. The lowest BCUT2D eigenvalue weighted by atomic mass is 10.1. The highest BCUT2D eigenvalue weighted by Gasteiger charge is 2.28. The van der Waals surface area contributed by atoms with E-state index >= 15 is 0 Å². The average Bonchev–Trinajstić information content (AvgIpc) is 2.93. The van der Waals surface area contributed by atoms with Crippen LogP contribution in [0.5, 0.6) is 0 Å². The molecule has 0 aliphatic heterocycles. The third-order valence-electron chi connectivity index (χ3n) is 4.41. The van der Waals surface area contributed by atoms with E-state index in [4.69, 9.17) is 5.73 Å². The Labute approximate surface area is 127 Å². The van der Waals surface area contributed by atoms with Crippen molar-refractivity contribution in [2.45, 2.75) is 45.7 Å². The van der Waals surface area contributed by atoms with Crippen LogP contribution in [0.1, 0.15) is 38.7 Å². The Morgan fingerprint density at radius 1 is 1.29 bits per heavy atom. The van der Waals surface area contributed by atoms with Crippen LogP contribution in [-0.2, 0) is 11.3 Å². The molecule has 21 heavy (non-hydrogen) atoms. The number of amides is 1. The fourth-order valence-electron chi connectivity index (χ4n) is 2.96. The molecule has 116 valence electrons. The van der Waals surface area contributed by atoms with Crippen molar-refractivity contribution < 1.29 is 4.79 Å². The minimum atomic E-state index is 0.0708.